The molecule has 7 N–H and O–H groups in total. The van der Waals surface area contributed by atoms with Gasteiger partial charge in [0.15, 0.2) is 12.6 Å². The first-order valence-electron chi connectivity index (χ1n) is 20.0. The van der Waals surface area contributed by atoms with Crippen molar-refractivity contribution in [2.75, 3.05) is 13.2 Å². The molecule has 0 spiro atoms. The summed E-state index contributed by atoms with van der Waals surface area (Å²) in [5.74, 6) is 4.58. The predicted molar refractivity (Wildman–Crippen MR) is 184 cm³/mol. The Balaban J connectivity index is 1.19. The molecule has 0 radical (unpaired) electrons. The van der Waals surface area contributed by atoms with Crippen LogP contribution in [0.25, 0.3) is 0 Å². The zero-order valence-corrected chi connectivity index (χ0v) is 31.1. The van der Waals surface area contributed by atoms with Gasteiger partial charge in [-0.3, -0.25) is 0 Å². The lowest BCUT2D eigenvalue weighted by molar-refractivity contribution is -0.382. The fraction of sp³-hybridized carbons (Fsp3) is 1.00. The number of hydrogen-bond acceptors (Lipinski definition) is 11. The molecule has 11 heteroatoms. The summed E-state index contributed by atoms with van der Waals surface area (Å²) in [6.45, 7) is 11.0. The molecule has 19 atom stereocenters. The molecule has 2 heterocycles. The lowest BCUT2D eigenvalue weighted by atomic mass is 9.44. The van der Waals surface area contributed by atoms with Crippen LogP contribution in [0.2, 0.25) is 0 Å². The molecular weight excluding hydrogens is 644 g/mol. The SMILES string of the molecule is CC(C)CCC[C@@H](C)[C@H]1CC[C@H]2[C@@H]3CCC4CCCC(O[C@@H]5[C@H](O)[C@H](O[C@H]6O[C@H](CO)[C@@H](O)[C@H](O)[C@@H]6O)O[C@H](CO)[C@H]5O)[C@]4(C)[C@H]3CC[C@]12C. The van der Waals surface area contributed by atoms with Gasteiger partial charge in [-0.1, -0.05) is 60.3 Å². The average Bonchev–Trinajstić information content (AvgIpc) is 3.45. The van der Waals surface area contributed by atoms with Crippen LogP contribution in [0.3, 0.4) is 0 Å². The molecule has 6 aliphatic rings. The normalized spacial score (nSPS) is 51.5. The highest BCUT2D eigenvalue weighted by Gasteiger charge is 2.63. The second-order valence-corrected chi connectivity index (χ2v) is 18.1. The summed E-state index contributed by atoms with van der Waals surface area (Å²) in [5, 5.41) is 73.9. The van der Waals surface area contributed by atoms with Gasteiger partial charge in [0.25, 0.3) is 0 Å². The van der Waals surface area contributed by atoms with Crippen molar-refractivity contribution in [1.29, 1.82) is 0 Å². The maximum atomic E-state index is 11.6. The van der Waals surface area contributed by atoms with E-state index in [4.69, 9.17) is 18.9 Å². The fourth-order valence-electron chi connectivity index (χ4n) is 12.4. The van der Waals surface area contributed by atoms with Crippen LogP contribution in [-0.2, 0) is 18.9 Å². The zero-order chi connectivity index (χ0) is 36.1. The van der Waals surface area contributed by atoms with Gasteiger partial charge < -0.3 is 54.7 Å². The van der Waals surface area contributed by atoms with Crippen molar-refractivity contribution < 1.29 is 54.7 Å². The highest BCUT2D eigenvalue weighted by atomic mass is 16.8. The smallest absolute Gasteiger partial charge is 0.189 e. The van der Waals surface area contributed by atoms with Crippen LogP contribution in [-0.4, -0.2) is 116 Å². The largest absolute Gasteiger partial charge is 0.394 e. The van der Waals surface area contributed by atoms with Crippen molar-refractivity contribution in [3.05, 3.63) is 0 Å². The molecule has 11 nitrogen and oxygen atoms in total. The number of hydrogen-bond donors (Lipinski definition) is 7. The minimum Gasteiger partial charge on any atom is -0.394 e. The molecule has 0 aromatic carbocycles. The van der Waals surface area contributed by atoms with E-state index in [2.05, 4.69) is 34.6 Å². The van der Waals surface area contributed by atoms with Gasteiger partial charge in [-0.25, -0.2) is 0 Å². The molecule has 2 saturated heterocycles. The van der Waals surface area contributed by atoms with E-state index in [1.54, 1.807) is 0 Å². The standard InChI is InChI=1S/C39H68O11/c1-20(2)8-6-9-21(3)24-14-15-25-23-13-12-22-10-7-11-29(39(22,5)26(23)16-17-38(24,25)4)49-35-31(43)28(19-41)48-37(34(35)46)50-36-33(45)32(44)30(42)27(18-40)47-36/h20-37,40-46H,6-19H2,1-5H3/t21-,22?,23+,24-,25+,26+,27-,28-,29?,30-,31-,32+,33+,34+,35+,36-,37+,38-,39+/m1/s1. The number of aliphatic hydroxyl groups is 7. The van der Waals surface area contributed by atoms with Crippen molar-refractivity contribution in [2.45, 2.75) is 179 Å². The van der Waals surface area contributed by atoms with Crippen LogP contribution in [0, 0.1) is 52.3 Å². The van der Waals surface area contributed by atoms with Gasteiger partial charge in [0.05, 0.1) is 19.3 Å². The van der Waals surface area contributed by atoms with Crippen molar-refractivity contribution in [3.63, 3.8) is 0 Å². The molecule has 50 heavy (non-hydrogen) atoms. The second kappa shape index (κ2) is 15.7. The second-order valence-electron chi connectivity index (χ2n) is 18.1. The van der Waals surface area contributed by atoms with Crippen LogP contribution in [0.15, 0.2) is 0 Å². The molecule has 0 aromatic rings. The summed E-state index contributed by atoms with van der Waals surface area (Å²) in [6, 6.07) is 0. The van der Waals surface area contributed by atoms with Crippen LogP contribution in [0.1, 0.15) is 112 Å². The van der Waals surface area contributed by atoms with Gasteiger partial charge in [0.1, 0.15) is 48.8 Å². The number of rotatable bonds is 11. The van der Waals surface area contributed by atoms with Crippen molar-refractivity contribution in [3.8, 4) is 0 Å². The van der Waals surface area contributed by atoms with Gasteiger partial charge in [-0.15, -0.1) is 0 Å². The van der Waals surface area contributed by atoms with Crippen molar-refractivity contribution >= 4 is 0 Å². The van der Waals surface area contributed by atoms with Crippen LogP contribution in [0.4, 0.5) is 0 Å². The van der Waals surface area contributed by atoms with Gasteiger partial charge in [-0.2, -0.15) is 0 Å². The van der Waals surface area contributed by atoms with Gasteiger partial charge in [0.2, 0.25) is 0 Å². The molecule has 6 fully saturated rings. The topological polar surface area (TPSA) is 179 Å². The minimum atomic E-state index is -1.70. The van der Waals surface area contributed by atoms with Crippen molar-refractivity contribution in [2.24, 2.45) is 52.3 Å². The molecule has 0 aromatic heterocycles. The van der Waals surface area contributed by atoms with E-state index >= 15 is 0 Å². The molecule has 0 amide bonds. The quantitative estimate of drug-likeness (QED) is 0.168. The van der Waals surface area contributed by atoms with E-state index in [1.807, 2.05) is 0 Å². The monoisotopic (exact) mass is 712 g/mol. The zero-order valence-electron chi connectivity index (χ0n) is 31.1. The van der Waals surface area contributed by atoms with E-state index in [0.717, 1.165) is 37.0 Å². The minimum absolute atomic E-state index is 0.135. The molecule has 2 aliphatic heterocycles. The summed E-state index contributed by atoms with van der Waals surface area (Å²) < 4.78 is 24.0. The van der Waals surface area contributed by atoms with E-state index in [9.17, 15) is 35.7 Å². The number of ether oxygens (including phenoxy) is 4. The maximum Gasteiger partial charge on any atom is 0.189 e. The van der Waals surface area contributed by atoms with E-state index in [0.29, 0.717) is 29.1 Å². The Morgan fingerprint density at radius 3 is 2.04 bits per heavy atom. The van der Waals surface area contributed by atoms with Gasteiger partial charge >= 0.3 is 0 Å². The molecule has 4 saturated carbocycles. The third kappa shape index (κ3) is 6.98. The summed E-state index contributed by atoms with van der Waals surface area (Å²) >= 11 is 0. The Morgan fingerprint density at radius 1 is 0.680 bits per heavy atom. The van der Waals surface area contributed by atoms with E-state index in [1.165, 1.54) is 57.8 Å². The number of fused-ring (bicyclic) bond motifs is 5. The summed E-state index contributed by atoms with van der Waals surface area (Å²) in [6.07, 6.45) is -0.170. The fourth-order valence-corrected chi connectivity index (χ4v) is 12.4. The Kier molecular flexibility index (Phi) is 12.4. The third-order valence-electron chi connectivity index (χ3n) is 15.1. The summed E-state index contributed by atoms with van der Waals surface area (Å²) in [5.41, 5.74) is 0.229. The van der Waals surface area contributed by atoms with Crippen LogP contribution < -0.4 is 0 Å². The molecule has 6 rings (SSSR count). The maximum absolute atomic E-state index is 11.6. The first kappa shape index (κ1) is 39.3. The number of aliphatic hydroxyl groups excluding tert-OH is 7. The molecular formula is C39H68O11. The Hall–Kier alpha value is -0.440. The Bertz CT molecular complexity index is 1110. The average molecular weight is 713 g/mol. The lowest BCUT2D eigenvalue weighted by Crippen LogP contribution is -2.65. The van der Waals surface area contributed by atoms with Crippen LogP contribution >= 0.6 is 0 Å². The molecule has 4 aliphatic carbocycles. The first-order valence-corrected chi connectivity index (χ1v) is 20.0. The third-order valence-corrected chi connectivity index (χ3v) is 15.1. The highest BCUT2D eigenvalue weighted by Crippen LogP contribution is 2.69. The Morgan fingerprint density at radius 2 is 1.36 bits per heavy atom. The Labute approximate surface area is 299 Å². The van der Waals surface area contributed by atoms with Crippen molar-refractivity contribution in [1.82, 2.24) is 0 Å². The molecule has 0 bridgehead atoms. The van der Waals surface area contributed by atoms with Gasteiger partial charge in [-0.05, 0) is 104 Å². The van der Waals surface area contributed by atoms with Crippen LogP contribution in [0.5, 0.6) is 0 Å². The highest BCUT2D eigenvalue weighted by molar-refractivity contribution is 5.11. The lowest BCUT2D eigenvalue weighted by Gasteiger charge is -2.63. The van der Waals surface area contributed by atoms with E-state index in [-0.39, 0.29) is 11.5 Å². The van der Waals surface area contributed by atoms with E-state index < -0.39 is 74.6 Å². The predicted octanol–water partition coefficient (Wildman–Crippen LogP) is 3.12. The first-order chi connectivity index (χ1) is 23.8. The molecule has 290 valence electrons. The summed E-state index contributed by atoms with van der Waals surface area (Å²) in [7, 11) is 0. The molecule has 2 unspecified atom stereocenters. The summed E-state index contributed by atoms with van der Waals surface area (Å²) in [4.78, 5) is 0. The van der Waals surface area contributed by atoms with Gasteiger partial charge in [0, 0.05) is 0 Å².